The van der Waals surface area contributed by atoms with Gasteiger partial charge in [0.1, 0.15) is 5.82 Å². The molecule has 0 atom stereocenters. The summed E-state index contributed by atoms with van der Waals surface area (Å²) in [7, 11) is -3.96. The Morgan fingerprint density at radius 1 is 1.00 bits per heavy atom. The third kappa shape index (κ3) is 4.06. The molecule has 0 radical (unpaired) electrons. The third-order valence-corrected chi connectivity index (χ3v) is 6.18. The third-order valence-electron chi connectivity index (χ3n) is 4.82. The van der Waals surface area contributed by atoms with E-state index in [4.69, 9.17) is 4.74 Å². The molecule has 1 saturated carbocycles. The van der Waals surface area contributed by atoms with Gasteiger partial charge in [0.25, 0.3) is 15.9 Å². The molecule has 3 aromatic rings. The largest absolute Gasteiger partial charge is 0.475 e. The van der Waals surface area contributed by atoms with E-state index in [1.807, 2.05) is 6.07 Å². The maximum atomic E-state index is 13.1. The minimum absolute atomic E-state index is 0.0287. The highest BCUT2D eigenvalue weighted by molar-refractivity contribution is 7.92. The van der Waals surface area contributed by atoms with Crippen molar-refractivity contribution >= 4 is 26.9 Å². The van der Waals surface area contributed by atoms with Gasteiger partial charge in [-0.05, 0) is 55.2 Å². The zero-order valence-corrected chi connectivity index (χ0v) is 16.0. The Morgan fingerprint density at radius 3 is 2.32 bits per heavy atom. The number of benzene rings is 2. The van der Waals surface area contributed by atoms with Gasteiger partial charge in [0.15, 0.2) is 0 Å². The van der Waals surface area contributed by atoms with Crippen molar-refractivity contribution in [1.29, 1.82) is 0 Å². The number of anilines is 1. The second-order valence-corrected chi connectivity index (χ2v) is 8.57. The zero-order chi connectivity index (χ0) is 19.6. The molecule has 2 aromatic carbocycles. The van der Waals surface area contributed by atoms with Crippen LogP contribution in [0.5, 0.6) is 5.88 Å². The summed E-state index contributed by atoms with van der Waals surface area (Å²) in [5.74, 6) is 0.108. The zero-order valence-electron chi connectivity index (χ0n) is 15.1. The number of halogens is 1. The van der Waals surface area contributed by atoms with E-state index in [0.29, 0.717) is 23.6 Å². The van der Waals surface area contributed by atoms with Crippen molar-refractivity contribution in [2.75, 3.05) is 11.3 Å². The molecule has 28 heavy (non-hydrogen) atoms. The molecule has 6 nitrogen and oxygen atoms in total. The van der Waals surface area contributed by atoms with Crippen LogP contribution in [-0.2, 0) is 10.0 Å². The predicted octanol–water partition coefficient (Wildman–Crippen LogP) is 4.14. The molecule has 0 saturated heterocycles. The van der Waals surface area contributed by atoms with Gasteiger partial charge in [0.05, 0.1) is 22.5 Å². The molecular weight excluding hydrogens is 381 g/mol. The summed E-state index contributed by atoms with van der Waals surface area (Å²) in [5.41, 5.74) is 1.17. The number of hydrogen-bond acceptors (Lipinski definition) is 5. The molecule has 4 rings (SSSR count). The first-order valence-corrected chi connectivity index (χ1v) is 10.7. The van der Waals surface area contributed by atoms with Crippen LogP contribution in [0, 0.1) is 11.7 Å². The molecule has 1 aliphatic rings. The second kappa shape index (κ2) is 7.71. The number of rotatable bonds is 6. The van der Waals surface area contributed by atoms with Crippen molar-refractivity contribution in [3.63, 3.8) is 0 Å². The number of aromatic nitrogens is 2. The van der Waals surface area contributed by atoms with Gasteiger partial charge < -0.3 is 4.74 Å². The van der Waals surface area contributed by atoms with Crippen molar-refractivity contribution < 1.29 is 17.5 Å². The lowest BCUT2D eigenvalue weighted by molar-refractivity contribution is 0.245. The highest BCUT2D eigenvalue weighted by atomic mass is 32.2. The fourth-order valence-corrected chi connectivity index (χ4v) is 4.32. The molecule has 0 amide bonds. The van der Waals surface area contributed by atoms with Crippen LogP contribution in [0.2, 0.25) is 0 Å². The number of hydrogen-bond donors (Lipinski definition) is 1. The van der Waals surface area contributed by atoms with Gasteiger partial charge in [0.2, 0.25) is 5.82 Å². The Bertz CT molecular complexity index is 1080. The Labute approximate surface area is 162 Å². The van der Waals surface area contributed by atoms with Crippen molar-refractivity contribution in [2.45, 2.75) is 30.6 Å². The molecule has 0 unspecified atom stereocenters. The van der Waals surface area contributed by atoms with Crippen LogP contribution in [0.1, 0.15) is 25.7 Å². The van der Waals surface area contributed by atoms with E-state index in [1.54, 1.807) is 18.2 Å². The predicted molar refractivity (Wildman–Crippen MR) is 104 cm³/mol. The topological polar surface area (TPSA) is 81.2 Å². The van der Waals surface area contributed by atoms with Gasteiger partial charge in [-0.25, -0.2) is 22.8 Å². The minimum atomic E-state index is -3.96. The Hall–Kier alpha value is -2.74. The quantitative estimate of drug-likeness (QED) is 0.671. The number of sulfonamides is 1. The van der Waals surface area contributed by atoms with Crippen LogP contribution in [0.15, 0.2) is 53.4 Å². The molecule has 0 aliphatic heterocycles. The van der Waals surface area contributed by atoms with Crippen molar-refractivity contribution in [1.82, 2.24) is 9.97 Å². The van der Waals surface area contributed by atoms with Crippen LogP contribution in [-0.4, -0.2) is 25.0 Å². The van der Waals surface area contributed by atoms with Gasteiger partial charge in [-0.2, -0.15) is 0 Å². The highest BCUT2D eigenvalue weighted by Crippen LogP contribution is 2.29. The second-order valence-electron chi connectivity index (χ2n) is 6.89. The highest BCUT2D eigenvalue weighted by Gasteiger charge is 2.22. The summed E-state index contributed by atoms with van der Waals surface area (Å²) < 4.78 is 46.9. The van der Waals surface area contributed by atoms with E-state index in [-0.39, 0.29) is 16.6 Å². The van der Waals surface area contributed by atoms with Crippen LogP contribution < -0.4 is 9.46 Å². The lowest BCUT2D eigenvalue weighted by Gasteiger charge is -2.15. The molecule has 1 heterocycles. The van der Waals surface area contributed by atoms with Crippen LogP contribution in [0.25, 0.3) is 11.0 Å². The van der Waals surface area contributed by atoms with Crippen molar-refractivity contribution in [2.24, 2.45) is 5.92 Å². The lowest BCUT2D eigenvalue weighted by Crippen LogP contribution is -2.17. The first-order valence-electron chi connectivity index (χ1n) is 9.19. The summed E-state index contributed by atoms with van der Waals surface area (Å²) in [4.78, 5) is 8.79. The van der Waals surface area contributed by atoms with Gasteiger partial charge in [-0.1, -0.05) is 25.0 Å². The number of nitrogens with zero attached hydrogens (tertiary/aromatic N) is 2. The summed E-state index contributed by atoms with van der Waals surface area (Å²) in [6, 6.07) is 11.8. The molecule has 0 spiro atoms. The van der Waals surface area contributed by atoms with Crippen LogP contribution in [0.3, 0.4) is 0 Å². The normalized spacial score (nSPS) is 15.0. The molecule has 1 N–H and O–H groups in total. The fraction of sp³-hybridized carbons (Fsp3) is 0.300. The molecular formula is C20H20FN3O3S. The summed E-state index contributed by atoms with van der Waals surface area (Å²) in [5, 5.41) is 0. The first kappa shape index (κ1) is 18.6. The number of nitrogens with one attached hydrogen (secondary N) is 1. The fourth-order valence-electron chi connectivity index (χ4n) is 3.32. The van der Waals surface area contributed by atoms with Gasteiger partial charge in [0, 0.05) is 0 Å². The van der Waals surface area contributed by atoms with Crippen molar-refractivity contribution in [3.8, 4) is 5.88 Å². The van der Waals surface area contributed by atoms with Crippen molar-refractivity contribution in [3.05, 3.63) is 54.3 Å². The van der Waals surface area contributed by atoms with E-state index in [0.717, 1.165) is 25.0 Å². The molecule has 8 heteroatoms. The maximum Gasteiger partial charge on any atom is 0.263 e. The van der Waals surface area contributed by atoms with Gasteiger partial charge in [-0.15, -0.1) is 0 Å². The number of ether oxygens (including phenoxy) is 1. The van der Waals surface area contributed by atoms with E-state index in [9.17, 15) is 12.8 Å². The summed E-state index contributed by atoms with van der Waals surface area (Å²) in [6.45, 7) is 0.471. The van der Waals surface area contributed by atoms with Crippen LogP contribution >= 0.6 is 0 Å². The Kier molecular flexibility index (Phi) is 5.13. The van der Waals surface area contributed by atoms with E-state index in [2.05, 4.69) is 14.7 Å². The number of fused-ring (bicyclic) bond motifs is 1. The van der Waals surface area contributed by atoms with Gasteiger partial charge >= 0.3 is 0 Å². The first-order chi connectivity index (χ1) is 13.5. The molecule has 1 fully saturated rings. The average molecular weight is 401 g/mol. The number of para-hydroxylation sites is 2. The lowest BCUT2D eigenvalue weighted by atomic mass is 10.1. The maximum absolute atomic E-state index is 13.1. The summed E-state index contributed by atoms with van der Waals surface area (Å²) >= 11 is 0. The SMILES string of the molecule is O=S(=O)(Nc1nc2ccccc2nc1OCC1CCCC1)c1ccc(F)cc1. The average Bonchev–Trinajstić information content (AvgIpc) is 3.20. The molecule has 146 valence electrons. The minimum Gasteiger partial charge on any atom is -0.475 e. The Morgan fingerprint density at radius 2 is 1.64 bits per heavy atom. The Balaban J connectivity index is 1.67. The monoisotopic (exact) mass is 401 g/mol. The summed E-state index contributed by atoms with van der Waals surface area (Å²) in [6.07, 6.45) is 4.55. The van der Waals surface area contributed by atoms with E-state index in [1.165, 1.54) is 25.0 Å². The van der Waals surface area contributed by atoms with Crippen LogP contribution in [0.4, 0.5) is 10.2 Å². The smallest absolute Gasteiger partial charge is 0.263 e. The molecule has 0 bridgehead atoms. The molecule has 1 aliphatic carbocycles. The van der Waals surface area contributed by atoms with Gasteiger partial charge in [-0.3, -0.25) is 4.72 Å². The standard InChI is InChI=1S/C20H20FN3O3S/c21-15-9-11-16(12-10-15)28(25,26)24-19-20(27-13-14-5-1-2-6-14)23-18-8-4-3-7-17(18)22-19/h3-4,7-12,14H,1-2,5-6,13H2,(H,22,24). The molecule has 1 aromatic heterocycles. The van der Waals surface area contributed by atoms with E-state index < -0.39 is 15.8 Å². The van der Waals surface area contributed by atoms with E-state index >= 15 is 0 Å².